The van der Waals surface area contributed by atoms with Gasteiger partial charge >= 0.3 is 0 Å². The molecule has 4 nitrogen and oxygen atoms in total. The van der Waals surface area contributed by atoms with E-state index in [4.69, 9.17) is 16.3 Å². The first kappa shape index (κ1) is 21.9. The number of hydrogen-bond acceptors (Lipinski definition) is 3. The van der Waals surface area contributed by atoms with Gasteiger partial charge in [-0.05, 0) is 47.5 Å². The van der Waals surface area contributed by atoms with Crippen LogP contribution in [-0.2, 0) is 4.79 Å². The first-order chi connectivity index (χ1) is 15.1. The topological polar surface area (TPSA) is 32.8 Å². The summed E-state index contributed by atoms with van der Waals surface area (Å²) in [7, 11) is 0. The molecular formula is C25H24BrClN2O2. The van der Waals surface area contributed by atoms with Crippen LogP contribution in [0, 0.1) is 0 Å². The third-order valence-corrected chi connectivity index (χ3v) is 6.29. The van der Waals surface area contributed by atoms with Gasteiger partial charge in [-0.1, -0.05) is 70.0 Å². The Labute approximate surface area is 196 Å². The van der Waals surface area contributed by atoms with Gasteiger partial charge in [-0.25, -0.2) is 0 Å². The van der Waals surface area contributed by atoms with E-state index in [0.717, 1.165) is 17.6 Å². The Morgan fingerprint density at radius 3 is 2.13 bits per heavy atom. The fraction of sp³-hybridized carbons (Fsp3) is 0.240. The first-order valence-corrected chi connectivity index (χ1v) is 11.5. The predicted molar refractivity (Wildman–Crippen MR) is 128 cm³/mol. The first-order valence-electron chi connectivity index (χ1n) is 10.3. The van der Waals surface area contributed by atoms with Gasteiger partial charge in [0.2, 0.25) is 0 Å². The number of piperazine rings is 1. The van der Waals surface area contributed by atoms with Crippen molar-refractivity contribution < 1.29 is 9.53 Å². The summed E-state index contributed by atoms with van der Waals surface area (Å²) in [5, 5.41) is 0.647. The van der Waals surface area contributed by atoms with E-state index in [0.29, 0.717) is 23.9 Å². The van der Waals surface area contributed by atoms with Gasteiger partial charge in [0.05, 0.1) is 6.04 Å². The Morgan fingerprint density at radius 2 is 1.48 bits per heavy atom. The van der Waals surface area contributed by atoms with Crippen LogP contribution in [0.25, 0.3) is 0 Å². The Morgan fingerprint density at radius 1 is 0.871 bits per heavy atom. The van der Waals surface area contributed by atoms with Crippen molar-refractivity contribution >= 4 is 33.4 Å². The summed E-state index contributed by atoms with van der Waals surface area (Å²) in [6.45, 7) is 3.02. The summed E-state index contributed by atoms with van der Waals surface area (Å²) in [5.74, 6) is 0.658. The number of carbonyl (C=O) groups is 1. The Bertz CT molecular complexity index is 988. The van der Waals surface area contributed by atoms with Gasteiger partial charge in [0.1, 0.15) is 5.75 Å². The highest BCUT2D eigenvalue weighted by atomic mass is 79.9. The lowest BCUT2D eigenvalue weighted by atomic mass is 9.96. The molecule has 0 spiro atoms. The number of amides is 1. The average molecular weight is 500 g/mol. The summed E-state index contributed by atoms with van der Waals surface area (Å²) in [6, 6.07) is 26.3. The lowest BCUT2D eigenvalue weighted by molar-refractivity contribution is -0.135. The second kappa shape index (κ2) is 10.3. The summed E-state index contributed by atoms with van der Waals surface area (Å²) in [6.07, 6.45) is 0. The third-order valence-electron chi connectivity index (χ3n) is 5.51. The molecule has 1 saturated heterocycles. The predicted octanol–water partition coefficient (Wildman–Crippen LogP) is 5.42. The van der Waals surface area contributed by atoms with Crippen molar-refractivity contribution in [1.82, 2.24) is 9.80 Å². The second-order valence-electron chi connectivity index (χ2n) is 7.52. The van der Waals surface area contributed by atoms with Crippen LogP contribution in [0.1, 0.15) is 17.2 Å². The maximum atomic E-state index is 12.6. The van der Waals surface area contributed by atoms with Crippen molar-refractivity contribution in [2.24, 2.45) is 0 Å². The van der Waals surface area contributed by atoms with Crippen LogP contribution in [0.2, 0.25) is 5.02 Å². The van der Waals surface area contributed by atoms with E-state index >= 15 is 0 Å². The number of halogens is 2. The van der Waals surface area contributed by atoms with Gasteiger partial charge in [0.25, 0.3) is 5.91 Å². The van der Waals surface area contributed by atoms with Crippen LogP contribution in [-0.4, -0.2) is 48.5 Å². The van der Waals surface area contributed by atoms with Crippen LogP contribution in [0.15, 0.2) is 83.3 Å². The summed E-state index contributed by atoms with van der Waals surface area (Å²) < 4.78 is 6.70. The molecule has 0 aliphatic carbocycles. The van der Waals surface area contributed by atoms with Crippen molar-refractivity contribution in [3.05, 3.63) is 99.5 Å². The standard InChI is InChI=1S/C25H24BrClN2O2/c26-21-8-6-20(7-9-21)25(19-4-2-1-3-5-19)29-16-14-28(15-17-29)24(30)18-31-23-12-10-22(27)11-13-23/h1-13,25H,14-18H2. The maximum Gasteiger partial charge on any atom is 0.260 e. The van der Waals surface area contributed by atoms with Gasteiger partial charge in [-0.15, -0.1) is 0 Å². The van der Waals surface area contributed by atoms with E-state index in [1.807, 2.05) is 11.0 Å². The van der Waals surface area contributed by atoms with Crippen LogP contribution in [0.5, 0.6) is 5.75 Å². The molecule has 1 atom stereocenters. The highest BCUT2D eigenvalue weighted by Gasteiger charge is 2.28. The van der Waals surface area contributed by atoms with E-state index in [1.165, 1.54) is 11.1 Å². The average Bonchev–Trinajstić information content (AvgIpc) is 2.81. The van der Waals surface area contributed by atoms with Crippen molar-refractivity contribution in [3.8, 4) is 5.75 Å². The fourth-order valence-corrected chi connectivity index (χ4v) is 4.28. The Kier molecular flexibility index (Phi) is 7.28. The molecule has 1 aliphatic rings. The summed E-state index contributed by atoms with van der Waals surface area (Å²) in [5.41, 5.74) is 2.51. The molecule has 1 fully saturated rings. The molecule has 0 aromatic heterocycles. The molecule has 0 bridgehead atoms. The highest BCUT2D eigenvalue weighted by Crippen LogP contribution is 2.30. The molecular weight excluding hydrogens is 476 g/mol. The molecule has 0 radical (unpaired) electrons. The molecule has 6 heteroatoms. The zero-order valence-corrected chi connectivity index (χ0v) is 19.4. The minimum Gasteiger partial charge on any atom is -0.484 e. The number of nitrogens with zero attached hydrogens (tertiary/aromatic N) is 2. The van der Waals surface area contributed by atoms with Gasteiger partial charge < -0.3 is 9.64 Å². The van der Waals surface area contributed by atoms with Gasteiger partial charge in [0, 0.05) is 35.7 Å². The molecule has 160 valence electrons. The minimum atomic E-state index is 0.00880. The number of ether oxygens (including phenoxy) is 1. The van der Waals surface area contributed by atoms with Crippen molar-refractivity contribution in [3.63, 3.8) is 0 Å². The molecule has 0 saturated carbocycles. The normalized spacial score (nSPS) is 15.5. The van der Waals surface area contributed by atoms with Crippen LogP contribution in [0.3, 0.4) is 0 Å². The minimum absolute atomic E-state index is 0.00880. The molecule has 0 N–H and O–H groups in total. The highest BCUT2D eigenvalue weighted by molar-refractivity contribution is 9.10. The Balaban J connectivity index is 1.40. The zero-order chi connectivity index (χ0) is 21.6. The molecule has 1 aliphatic heterocycles. The zero-order valence-electron chi connectivity index (χ0n) is 17.1. The summed E-state index contributed by atoms with van der Waals surface area (Å²) in [4.78, 5) is 17.0. The fourth-order valence-electron chi connectivity index (χ4n) is 3.89. The third kappa shape index (κ3) is 5.67. The van der Waals surface area contributed by atoms with Crippen LogP contribution in [0.4, 0.5) is 0 Å². The van der Waals surface area contributed by atoms with Crippen molar-refractivity contribution in [2.45, 2.75) is 6.04 Å². The van der Waals surface area contributed by atoms with E-state index in [-0.39, 0.29) is 18.6 Å². The van der Waals surface area contributed by atoms with E-state index in [2.05, 4.69) is 69.4 Å². The maximum absolute atomic E-state index is 12.6. The molecule has 31 heavy (non-hydrogen) atoms. The van der Waals surface area contributed by atoms with Crippen molar-refractivity contribution in [1.29, 1.82) is 0 Å². The van der Waals surface area contributed by atoms with Gasteiger partial charge in [-0.2, -0.15) is 0 Å². The van der Waals surface area contributed by atoms with Gasteiger partial charge in [-0.3, -0.25) is 9.69 Å². The van der Waals surface area contributed by atoms with E-state index in [1.54, 1.807) is 24.3 Å². The molecule has 1 unspecified atom stereocenters. The number of hydrogen-bond donors (Lipinski definition) is 0. The number of rotatable bonds is 6. The van der Waals surface area contributed by atoms with Crippen LogP contribution < -0.4 is 4.74 Å². The summed E-state index contributed by atoms with van der Waals surface area (Å²) >= 11 is 9.42. The van der Waals surface area contributed by atoms with Crippen LogP contribution >= 0.6 is 27.5 Å². The second-order valence-corrected chi connectivity index (χ2v) is 8.88. The Hall–Kier alpha value is -2.34. The van der Waals surface area contributed by atoms with Crippen molar-refractivity contribution in [2.75, 3.05) is 32.8 Å². The quantitative estimate of drug-likeness (QED) is 0.454. The molecule has 3 aromatic rings. The monoisotopic (exact) mass is 498 g/mol. The smallest absolute Gasteiger partial charge is 0.260 e. The largest absolute Gasteiger partial charge is 0.484 e. The number of carbonyl (C=O) groups excluding carboxylic acids is 1. The SMILES string of the molecule is O=C(COc1ccc(Cl)cc1)N1CCN(C(c2ccccc2)c2ccc(Br)cc2)CC1. The number of benzene rings is 3. The molecule has 1 heterocycles. The van der Waals surface area contributed by atoms with E-state index in [9.17, 15) is 4.79 Å². The molecule has 3 aromatic carbocycles. The molecule has 4 rings (SSSR count). The van der Waals surface area contributed by atoms with Gasteiger partial charge in [0.15, 0.2) is 6.61 Å². The molecule has 1 amide bonds. The van der Waals surface area contributed by atoms with E-state index < -0.39 is 0 Å². The lowest BCUT2D eigenvalue weighted by Gasteiger charge is -2.39. The lowest BCUT2D eigenvalue weighted by Crippen LogP contribution is -2.51.